The highest BCUT2D eigenvalue weighted by molar-refractivity contribution is 14.0. The lowest BCUT2D eigenvalue weighted by Gasteiger charge is -2.23. The molecule has 2 rings (SSSR count). The standard InChI is InChI=1S/C21H28FN3O3.HI/c1-6-28-20-18(26-4)11-16(12-19(20)27-5)13-24-21(23-2)25(3)14-15-7-9-17(22)10-8-15;/h7-12H,6,13-14H2,1-5H3,(H,23,24);1H. The van der Waals surface area contributed by atoms with Gasteiger partial charge in [0.2, 0.25) is 5.75 Å². The van der Waals surface area contributed by atoms with Gasteiger partial charge < -0.3 is 24.4 Å². The Morgan fingerprint density at radius 2 is 1.66 bits per heavy atom. The molecule has 1 N–H and O–H groups in total. The van der Waals surface area contributed by atoms with Crippen molar-refractivity contribution in [1.29, 1.82) is 0 Å². The lowest BCUT2D eigenvalue weighted by Crippen LogP contribution is -2.38. The second-order valence-electron chi connectivity index (χ2n) is 6.15. The van der Waals surface area contributed by atoms with E-state index in [0.29, 0.717) is 36.9 Å². The van der Waals surface area contributed by atoms with Gasteiger partial charge in [0.1, 0.15) is 5.82 Å². The third-order valence-corrected chi connectivity index (χ3v) is 4.17. The first kappa shape index (κ1) is 24.8. The minimum absolute atomic E-state index is 0. The molecular weight excluding hydrogens is 488 g/mol. The molecule has 0 amide bonds. The van der Waals surface area contributed by atoms with Crippen molar-refractivity contribution in [2.24, 2.45) is 4.99 Å². The third kappa shape index (κ3) is 6.95. The fourth-order valence-corrected chi connectivity index (χ4v) is 2.83. The van der Waals surface area contributed by atoms with Crippen LogP contribution in [0.3, 0.4) is 0 Å². The van der Waals surface area contributed by atoms with Gasteiger partial charge in [0.25, 0.3) is 0 Å². The highest BCUT2D eigenvalue weighted by Gasteiger charge is 2.14. The highest BCUT2D eigenvalue weighted by Crippen LogP contribution is 2.38. The van der Waals surface area contributed by atoms with E-state index < -0.39 is 0 Å². The van der Waals surface area contributed by atoms with Gasteiger partial charge in [0.15, 0.2) is 17.5 Å². The Balaban J connectivity index is 0.00000420. The van der Waals surface area contributed by atoms with Gasteiger partial charge in [0, 0.05) is 27.2 Å². The molecule has 0 unspecified atom stereocenters. The molecule has 0 aliphatic carbocycles. The van der Waals surface area contributed by atoms with E-state index in [1.54, 1.807) is 33.4 Å². The fraction of sp³-hybridized carbons (Fsp3) is 0.381. The van der Waals surface area contributed by atoms with Crippen LogP contribution in [0, 0.1) is 5.82 Å². The molecule has 0 fully saturated rings. The van der Waals surface area contributed by atoms with E-state index in [2.05, 4.69) is 10.3 Å². The molecule has 0 heterocycles. The van der Waals surface area contributed by atoms with Gasteiger partial charge in [-0.25, -0.2) is 4.39 Å². The van der Waals surface area contributed by atoms with Crippen LogP contribution in [0.15, 0.2) is 41.4 Å². The molecule has 6 nitrogen and oxygen atoms in total. The van der Waals surface area contributed by atoms with Crippen LogP contribution in [0.2, 0.25) is 0 Å². The Hall–Kier alpha value is -2.23. The number of hydrogen-bond acceptors (Lipinski definition) is 4. The monoisotopic (exact) mass is 517 g/mol. The van der Waals surface area contributed by atoms with Crippen LogP contribution in [0.4, 0.5) is 4.39 Å². The van der Waals surface area contributed by atoms with Crippen molar-refractivity contribution in [2.45, 2.75) is 20.0 Å². The molecule has 0 bridgehead atoms. The number of guanidine groups is 1. The summed E-state index contributed by atoms with van der Waals surface area (Å²) in [4.78, 5) is 6.29. The van der Waals surface area contributed by atoms with Crippen LogP contribution >= 0.6 is 24.0 Å². The fourth-order valence-electron chi connectivity index (χ4n) is 2.83. The Bertz CT molecular complexity index is 775. The van der Waals surface area contributed by atoms with Crippen LogP contribution in [-0.2, 0) is 13.1 Å². The molecule has 2 aromatic rings. The molecule has 160 valence electrons. The summed E-state index contributed by atoms with van der Waals surface area (Å²) >= 11 is 0. The second-order valence-corrected chi connectivity index (χ2v) is 6.15. The molecule has 2 aromatic carbocycles. The van der Waals surface area contributed by atoms with Crippen LogP contribution in [0.5, 0.6) is 17.2 Å². The molecular formula is C21H29FIN3O3. The number of ether oxygens (including phenoxy) is 3. The largest absolute Gasteiger partial charge is 0.493 e. The van der Waals surface area contributed by atoms with Crippen molar-refractivity contribution in [3.8, 4) is 17.2 Å². The van der Waals surface area contributed by atoms with Crippen molar-refractivity contribution in [3.63, 3.8) is 0 Å². The van der Waals surface area contributed by atoms with Crippen molar-refractivity contribution in [1.82, 2.24) is 10.2 Å². The van der Waals surface area contributed by atoms with E-state index in [4.69, 9.17) is 14.2 Å². The van der Waals surface area contributed by atoms with E-state index in [9.17, 15) is 4.39 Å². The summed E-state index contributed by atoms with van der Waals surface area (Å²) in [5.74, 6) is 2.30. The number of hydrogen-bond donors (Lipinski definition) is 1. The average molecular weight is 517 g/mol. The normalized spacial score (nSPS) is 10.8. The summed E-state index contributed by atoms with van der Waals surface area (Å²) in [6.07, 6.45) is 0. The molecule has 0 radical (unpaired) electrons. The van der Waals surface area contributed by atoms with E-state index in [0.717, 1.165) is 17.1 Å². The predicted octanol–water partition coefficient (Wildman–Crippen LogP) is 4.07. The number of benzene rings is 2. The van der Waals surface area contributed by atoms with Gasteiger partial charge in [-0.05, 0) is 42.3 Å². The molecule has 0 saturated heterocycles. The van der Waals surface area contributed by atoms with E-state index in [1.807, 2.05) is 31.0 Å². The zero-order valence-electron chi connectivity index (χ0n) is 17.5. The van der Waals surface area contributed by atoms with Crippen molar-refractivity contribution >= 4 is 29.9 Å². The molecule has 0 atom stereocenters. The number of nitrogens with one attached hydrogen (secondary N) is 1. The number of halogens is 2. The average Bonchev–Trinajstić information content (AvgIpc) is 2.70. The summed E-state index contributed by atoms with van der Waals surface area (Å²) in [5.41, 5.74) is 1.96. The third-order valence-electron chi connectivity index (χ3n) is 4.17. The summed E-state index contributed by atoms with van der Waals surface area (Å²) in [6, 6.07) is 10.3. The van der Waals surface area contributed by atoms with Crippen LogP contribution in [-0.4, -0.2) is 45.8 Å². The second kappa shape index (κ2) is 12.4. The Labute approximate surface area is 189 Å². The SMILES string of the molecule is CCOc1c(OC)cc(CNC(=NC)N(C)Cc2ccc(F)cc2)cc1OC.I. The van der Waals surface area contributed by atoms with Gasteiger partial charge in [-0.1, -0.05) is 12.1 Å². The van der Waals surface area contributed by atoms with Crippen LogP contribution in [0.1, 0.15) is 18.1 Å². The molecule has 0 aromatic heterocycles. The van der Waals surface area contributed by atoms with Gasteiger partial charge in [-0.2, -0.15) is 0 Å². The van der Waals surface area contributed by atoms with Crippen molar-refractivity contribution < 1.29 is 18.6 Å². The zero-order valence-corrected chi connectivity index (χ0v) is 19.8. The van der Waals surface area contributed by atoms with Crippen LogP contribution in [0.25, 0.3) is 0 Å². The maximum atomic E-state index is 13.1. The summed E-state index contributed by atoms with van der Waals surface area (Å²) < 4.78 is 29.6. The molecule has 0 aliphatic rings. The van der Waals surface area contributed by atoms with E-state index >= 15 is 0 Å². The van der Waals surface area contributed by atoms with Crippen LogP contribution < -0.4 is 19.5 Å². The predicted molar refractivity (Wildman–Crippen MR) is 124 cm³/mol. The summed E-state index contributed by atoms with van der Waals surface area (Å²) in [6.45, 7) is 3.57. The molecule has 8 heteroatoms. The quantitative estimate of drug-likeness (QED) is 0.325. The van der Waals surface area contributed by atoms with Crippen molar-refractivity contribution in [2.75, 3.05) is 34.9 Å². The maximum absolute atomic E-state index is 13.1. The molecule has 0 spiro atoms. The summed E-state index contributed by atoms with van der Waals surface area (Å²) in [7, 11) is 6.86. The molecule has 29 heavy (non-hydrogen) atoms. The van der Waals surface area contributed by atoms with E-state index in [-0.39, 0.29) is 29.8 Å². The van der Waals surface area contributed by atoms with Gasteiger partial charge in [0.05, 0.1) is 20.8 Å². The smallest absolute Gasteiger partial charge is 0.203 e. The zero-order chi connectivity index (χ0) is 20.5. The molecule has 0 saturated carbocycles. The Morgan fingerprint density at radius 1 is 1.07 bits per heavy atom. The first-order valence-electron chi connectivity index (χ1n) is 9.06. The maximum Gasteiger partial charge on any atom is 0.203 e. The van der Waals surface area contributed by atoms with Gasteiger partial charge in [-0.15, -0.1) is 24.0 Å². The number of methoxy groups -OCH3 is 2. The molecule has 0 aliphatic heterocycles. The first-order valence-corrected chi connectivity index (χ1v) is 9.06. The first-order chi connectivity index (χ1) is 13.5. The Morgan fingerprint density at radius 3 is 2.14 bits per heavy atom. The van der Waals surface area contributed by atoms with Crippen molar-refractivity contribution in [3.05, 3.63) is 53.3 Å². The number of nitrogens with zero attached hydrogens (tertiary/aromatic N) is 2. The lowest BCUT2D eigenvalue weighted by atomic mass is 10.1. The van der Waals surface area contributed by atoms with Gasteiger partial charge >= 0.3 is 0 Å². The minimum atomic E-state index is -0.243. The lowest BCUT2D eigenvalue weighted by molar-refractivity contribution is 0.288. The number of rotatable bonds is 8. The summed E-state index contributed by atoms with van der Waals surface area (Å²) in [5, 5.41) is 3.32. The van der Waals surface area contributed by atoms with E-state index in [1.165, 1.54) is 12.1 Å². The Kier molecular flexibility index (Phi) is 10.6. The highest BCUT2D eigenvalue weighted by atomic mass is 127. The van der Waals surface area contributed by atoms with Gasteiger partial charge in [-0.3, -0.25) is 4.99 Å². The number of aliphatic imine (C=N–C) groups is 1. The topological polar surface area (TPSA) is 55.3 Å². The minimum Gasteiger partial charge on any atom is -0.493 e.